The van der Waals surface area contributed by atoms with Gasteiger partial charge in [-0.1, -0.05) is 54.2 Å². The molecule has 0 aliphatic heterocycles. The number of benzene rings is 4. The summed E-state index contributed by atoms with van der Waals surface area (Å²) in [6, 6.07) is 25.1. The lowest BCUT2D eigenvalue weighted by molar-refractivity contribution is -0.113. The number of para-hydroxylation sites is 2. The number of aryl methyl sites for hydroxylation is 1. The van der Waals surface area contributed by atoms with Crippen LogP contribution >= 0.6 is 11.8 Å². The molecule has 0 aliphatic rings. The molecule has 0 spiro atoms. The van der Waals surface area contributed by atoms with Crippen LogP contribution in [0.1, 0.15) is 5.56 Å². The van der Waals surface area contributed by atoms with Crippen molar-refractivity contribution < 1.29 is 17.9 Å². The van der Waals surface area contributed by atoms with Gasteiger partial charge in [0.15, 0.2) is 5.16 Å². The number of carbonyl (C=O) groups excluding carboxylic acids is 1. The highest BCUT2D eigenvalue weighted by molar-refractivity contribution is 8.00. The second-order valence-corrected chi connectivity index (χ2v) is 10.9. The molecule has 5 aromatic rings. The Kier molecular flexibility index (Phi) is 6.42. The van der Waals surface area contributed by atoms with E-state index in [4.69, 9.17) is 4.74 Å². The maximum atomic E-state index is 13.8. The van der Waals surface area contributed by atoms with Gasteiger partial charge >= 0.3 is 0 Å². The molecule has 9 heteroatoms. The summed E-state index contributed by atoms with van der Waals surface area (Å²) in [6.45, 7) is 1.88. The molecule has 7 nitrogen and oxygen atoms in total. The first kappa shape index (κ1) is 23.9. The third-order valence-corrected chi connectivity index (χ3v) is 8.54. The molecule has 0 bridgehead atoms. The fourth-order valence-electron chi connectivity index (χ4n) is 3.96. The molecule has 36 heavy (non-hydrogen) atoms. The predicted molar refractivity (Wildman–Crippen MR) is 143 cm³/mol. The van der Waals surface area contributed by atoms with E-state index in [2.05, 4.69) is 10.3 Å². The van der Waals surface area contributed by atoms with E-state index >= 15 is 0 Å². The second-order valence-electron chi connectivity index (χ2n) is 8.18. The highest BCUT2D eigenvalue weighted by atomic mass is 32.2. The quantitative estimate of drug-likeness (QED) is 0.288. The van der Waals surface area contributed by atoms with Crippen molar-refractivity contribution >= 4 is 55.2 Å². The molecule has 0 saturated heterocycles. The molecular weight excluding hydrogens is 494 g/mol. The van der Waals surface area contributed by atoms with E-state index in [1.807, 2.05) is 37.3 Å². The summed E-state index contributed by atoms with van der Waals surface area (Å²) in [5.41, 5.74) is 2.52. The van der Waals surface area contributed by atoms with Crippen molar-refractivity contribution in [2.75, 3.05) is 18.2 Å². The van der Waals surface area contributed by atoms with E-state index in [1.54, 1.807) is 61.7 Å². The van der Waals surface area contributed by atoms with Gasteiger partial charge < -0.3 is 10.1 Å². The van der Waals surface area contributed by atoms with Gasteiger partial charge in [-0.15, -0.1) is 0 Å². The highest BCUT2D eigenvalue weighted by Gasteiger charge is 2.25. The largest absolute Gasteiger partial charge is 0.497 e. The van der Waals surface area contributed by atoms with Crippen molar-refractivity contribution in [2.24, 2.45) is 0 Å². The predicted octanol–water partition coefficient (Wildman–Crippen LogP) is 5.47. The van der Waals surface area contributed by atoms with E-state index < -0.39 is 10.0 Å². The Balaban J connectivity index is 1.46. The van der Waals surface area contributed by atoms with Gasteiger partial charge in [0.2, 0.25) is 5.91 Å². The lowest BCUT2D eigenvalue weighted by atomic mass is 10.1. The fraction of sp³-hybridized carbons (Fsp3) is 0.111. The molecule has 5 rings (SSSR count). The number of hydrogen-bond donors (Lipinski definition) is 1. The van der Waals surface area contributed by atoms with E-state index in [0.717, 1.165) is 28.1 Å². The molecule has 0 unspecified atom stereocenters. The minimum Gasteiger partial charge on any atom is -0.497 e. The molecule has 0 fully saturated rings. The fourth-order valence-corrected chi connectivity index (χ4v) is 6.51. The van der Waals surface area contributed by atoms with Crippen LogP contribution in [-0.4, -0.2) is 36.1 Å². The van der Waals surface area contributed by atoms with Gasteiger partial charge in [0.05, 0.1) is 28.8 Å². The Labute approximate surface area is 213 Å². The van der Waals surface area contributed by atoms with Crippen LogP contribution in [0.3, 0.4) is 0 Å². The van der Waals surface area contributed by atoms with Gasteiger partial charge in [-0.25, -0.2) is 17.4 Å². The van der Waals surface area contributed by atoms with Crippen LogP contribution in [0.15, 0.2) is 95.0 Å². The first-order valence-electron chi connectivity index (χ1n) is 11.2. The molecule has 0 saturated carbocycles. The van der Waals surface area contributed by atoms with Gasteiger partial charge in [0.1, 0.15) is 5.75 Å². The summed E-state index contributed by atoms with van der Waals surface area (Å²) < 4.78 is 34.1. The number of aromatic nitrogens is 2. The molecule has 1 N–H and O–H groups in total. The van der Waals surface area contributed by atoms with Crippen molar-refractivity contribution in [2.45, 2.75) is 17.0 Å². The third kappa shape index (κ3) is 4.55. The van der Waals surface area contributed by atoms with Crippen LogP contribution < -0.4 is 10.1 Å². The molecule has 182 valence electrons. The maximum Gasteiger partial charge on any atom is 0.270 e. The molecule has 1 heterocycles. The van der Waals surface area contributed by atoms with Crippen molar-refractivity contribution in [3.8, 4) is 5.75 Å². The average molecular weight is 518 g/mol. The van der Waals surface area contributed by atoms with Gasteiger partial charge in [-0.05, 0) is 65.7 Å². The average Bonchev–Trinajstić information content (AvgIpc) is 3.27. The first-order chi connectivity index (χ1) is 17.4. The van der Waals surface area contributed by atoms with E-state index in [-0.39, 0.29) is 21.7 Å². The number of nitrogens with zero attached hydrogens (tertiary/aromatic N) is 2. The second kappa shape index (κ2) is 9.67. The summed E-state index contributed by atoms with van der Waals surface area (Å²) in [7, 11) is -2.39. The number of rotatable bonds is 7. The number of ether oxygens (including phenoxy) is 1. The van der Waals surface area contributed by atoms with Crippen LogP contribution in [0.2, 0.25) is 0 Å². The van der Waals surface area contributed by atoms with Crippen LogP contribution in [0.25, 0.3) is 21.8 Å². The SMILES string of the molecule is COc1ccc(NC(=O)CSc2nc3ccccc3n2S(=O)(=O)c2ccc3ccccc3c2)c(C)c1. The Hall–Kier alpha value is -3.82. The normalized spacial score (nSPS) is 11.6. The lowest BCUT2D eigenvalue weighted by Gasteiger charge is -2.12. The molecule has 0 atom stereocenters. The van der Waals surface area contributed by atoms with E-state index in [1.165, 1.54) is 3.97 Å². The number of methoxy groups -OCH3 is 1. The standard InChI is InChI=1S/C27H23N3O4S2/c1-18-15-21(34-2)12-14-23(18)28-26(31)17-35-27-29-24-9-5-6-10-25(24)30(27)36(32,33)22-13-11-19-7-3-4-8-20(19)16-22/h3-16H,17H2,1-2H3,(H,28,31). The summed E-state index contributed by atoms with van der Waals surface area (Å²) in [5.74, 6) is 0.421. The summed E-state index contributed by atoms with van der Waals surface area (Å²) in [6.07, 6.45) is 0. The van der Waals surface area contributed by atoms with Crippen LogP contribution in [0.5, 0.6) is 5.75 Å². The number of hydrogen-bond acceptors (Lipinski definition) is 6. The smallest absolute Gasteiger partial charge is 0.270 e. The molecule has 1 amide bonds. The van der Waals surface area contributed by atoms with E-state index in [9.17, 15) is 13.2 Å². The van der Waals surface area contributed by atoms with Crippen LogP contribution in [-0.2, 0) is 14.8 Å². The number of amides is 1. The molecule has 1 aromatic heterocycles. The Morgan fingerprint density at radius 3 is 2.50 bits per heavy atom. The topological polar surface area (TPSA) is 90.3 Å². The number of anilines is 1. The number of imidazole rings is 1. The highest BCUT2D eigenvalue weighted by Crippen LogP contribution is 2.30. The lowest BCUT2D eigenvalue weighted by Crippen LogP contribution is -2.17. The summed E-state index contributed by atoms with van der Waals surface area (Å²) in [4.78, 5) is 17.4. The van der Waals surface area contributed by atoms with Crippen molar-refractivity contribution in [1.82, 2.24) is 8.96 Å². The van der Waals surface area contributed by atoms with Crippen molar-refractivity contribution in [3.63, 3.8) is 0 Å². The zero-order valence-electron chi connectivity index (χ0n) is 19.6. The van der Waals surface area contributed by atoms with Gasteiger partial charge in [-0.3, -0.25) is 4.79 Å². The number of nitrogens with one attached hydrogen (secondary N) is 1. The minimum atomic E-state index is -3.98. The van der Waals surface area contributed by atoms with Crippen LogP contribution in [0, 0.1) is 6.92 Å². The van der Waals surface area contributed by atoms with Crippen molar-refractivity contribution in [1.29, 1.82) is 0 Å². The third-order valence-electron chi connectivity index (χ3n) is 5.79. The monoisotopic (exact) mass is 517 g/mol. The molecular formula is C27H23N3O4S2. The number of thioether (sulfide) groups is 1. The van der Waals surface area contributed by atoms with Gasteiger partial charge in [0.25, 0.3) is 10.0 Å². The van der Waals surface area contributed by atoms with Gasteiger partial charge in [-0.2, -0.15) is 0 Å². The molecule has 4 aromatic carbocycles. The Morgan fingerprint density at radius 1 is 0.972 bits per heavy atom. The number of carbonyl (C=O) groups is 1. The Morgan fingerprint density at radius 2 is 1.72 bits per heavy atom. The Bertz CT molecular complexity index is 1710. The molecule has 0 aliphatic carbocycles. The minimum absolute atomic E-state index is 0.0119. The van der Waals surface area contributed by atoms with Gasteiger partial charge in [0, 0.05) is 5.69 Å². The summed E-state index contributed by atoms with van der Waals surface area (Å²) >= 11 is 1.07. The van der Waals surface area contributed by atoms with Crippen molar-refractivity contribution in [3.05, 3.63) is 90.5 Å². The van der Waals surface area contributed by atoms with Crippen LogP contribution in [0.4, 0.5) is 5.69 Å². The number of fused-ring (bicyclic) bond motifs is 2. The zero-order chi connectivity index (χ0) is 25.3. The first-order valence-corrected chi connectivity index (χ1v) is 13.6. The maximum absolute atomic E-state index is 13.8. The zero-order valence-corrected chi connectivity index (χ0v) is 21.3. The van der Waals surface area contributed by atoms with E-state index in [0.29, 0.717) is 22.5 Å². The molecule has 0 radical (unpaired) electrons. The summed E-state index contributed by atoms with van der Waals surface area (Å²) in [5, 5.41) is 4.88.